The predicted molar refractivity (Wildman–Crippen MR) is 134 cm³/mol. The summed E-state index contributed by atoms with van der Waals surface area (Å²) in [6.07, 6.45) is 1.85. The molecule has 1 atom stereocenters. The number of benzene rings is 2. The summed E-state index contributed by atoms with van der Waals surface area (Å²) >= 11 is 0. The maximum atomic E-state index is 13.9. The Labute approximate surface area is 218 Å². The minimum Gasteiger partial charge on any atom is -0.477 e. The predicted octanol–water partition coefficient (Wildman–Crippen LogP) is 6.05. The largest absolute Gasteiger partial charge is 0.477 e. The Hall–Kier alpha value is -4.39. The van der Waals surface area contributed by atoms with Gasteiger partial charge in [0.15, 0.2) is 17.4 Å². The first kappa shape index (κ1) is 26.7. The van der Waals surface area contributed by atoms with E-state index in [1.54, 1.807) is 44.0 Å². The molecule has 0 radical (unpaired) electrons. The number of likely N-dealkylation sites (tertiary alicyclic amines) is 1. The smallest absolute Gasteiger partial charge is 0.410 e. The molecule has 1 saturated heterocycles. The quantitative estimate of drug-likeness (QED) is 0.422. The fourth-order valence-corrected chi connectivity index (χ4v) is 4.41. The lowest BCUT2D eigenvalue weighted by molar-refractivity contribution is 0.0286. The van der Waals surface area contributed by atoms with E-state index in [1.165, 1.54) is 22.8 Å². The van der Waals surface area contributed by atoms with Gasteiger partial charge in [-0.25, -0.2) is 18.4 Å². The first-order chi connectivity index (χ1) is 18.0. The molecule has 2 heterocycles. The topological polar surface area (TPSA) is 105 Å². The standard InChI is InChI=1S/C28H27F2N3O5/c1-28(2,3)38-27(36)32-12-11-17(14-32)15-33-16-21(20(13-31)24(33)26(34)35)18-7-9-19(10-8-18)37-25-22(29)5-4-6-23(25)30/h4-10,16-17H,11-12,14-15H2,1-3H3,(H,34,35)/t17-/m1/s1. The number of ether oxygens (including phenoxy) is 2. The molecule has 1 N–H and O–H groups in total. The Kier molecular flexibility index (Phi) is 7.39. The summed E-state index contributed by atoms with van der Waals surface area (Å²) in [5.74, 6) is -3.33. The molecule has 0 bridgehead atoms. The Morgan fingerprint density at radius 2 is 1.79 bits per heavy atom. The van der Waals surface area contributed by atoms with Crippen molar-refractivity contribution in [2.75, 3.05) is 13.1 Å². The van der Waals surface area contributed by atoms with E-state index >= 15 is 0 Å². The average Bonchev–Trinajstić information content (AvgIpc) is 3.46. The van der Waals surface area contributed by atoms with E-state index < -0.39 is 35.0 Å². The summed E-state index contributed by atoms with van der Waals surface area (Å²) in [5, 5.41) is 19.7. The van der Waals surface area contributed by atoms with E-state index in [0.717, 1.165) is 12.1 Å². The van der Waals surface area contributed by atoms with Crippen LogP contribution in [-0.4, -0.2) is 45.3 Å². The van der Waals surface area contributed by atoms with Gasteiger partial charge in [0, 0.05) is 31.4 Å². The highest BCUT2D eigenvalue weighted by Gasteiger charge is 2.31. The van der Waals surface area contributed by atoms with Crippen LogP contribution in [0.15, 0.2) is 48.7 Å². The number of nitriles is 1. The third kappa shape index (κ3) is 5.78. The zero-order valence-corrected chi connectivity index (χ0v) is 21.2. The van der Waals surface area contributed by atoms with Crippen LogP contribution >= 0.6 is 0 Å². The molecule has 1 aromatic heterocycles. The highest BCUT2D eigenvalue weighted by molar-refractivity contribution is 5.93. The molecule has 1 fully saturated rings. The molecule has 38 heavy (non-hydrogen) atoms. The minimum absolute atomic E-state index is 0.00619. The van der Waals surface area contributed by atoms with Gasteiger partial charge < -0.3 is 24.0 Å². The van der Waals surface area contributed by atoms with Gasteiger partial charge in [-0.1, -0.05) is 18.2 Å². The Bertz CT molecular complexity index is 1380. The van der Waals surface area contributed by atoms with Crippen LogP contribution in [0.25, 0.3) is 11.1 Å². The lowest BCUT2D eigenvalue weighted by Crippen LogP contribution is -2.35. The number of amides is 1. The number of carboxylic acids is 1. The van der Waals surface area contributed by atoms with E-state index in [1.807, 2.05) is 6.07 Å². The Morgan fingerprint density at radius 1 is 1.13 bits per heavy atom. The van der Waals surface area contributed by atoms with Gasteiger partial charge in [-0.2, -0.15) is 5.26 Å². The van der Waals surface area contributed by atoms with E-state index in [9.17, 15) is 28.7 Å². The number of hydrogen-bond donors (Lipinski definition) is 1. The molecular formula is C28H27F2N3O5. The summed E-state index contributed by atoms with van der Waals surface area (Å²) in [4.78, 5) is 26.1. The van der Waals surface area contributed by atoms with Crippen molar-refractivity contribution in [2.45, 2.75) is 39.3 Å². The molecule has 8 nitrogen and oxygen atoms in total. The zero-order chi connectivity index (χ0) is 27.6. The SMILES string of the molecule is CC(C)(C)OC(=O)N1CC[C@@H](Cn2cc(-c3ccc(Oc4c(F)cccc4F)cc3)c(C#N)c2C(=O)O)C1. The van der Waals surface area contributed by atoms with Crippen LogP contribution in [0.5, 0.6) is 11.5 Å². The second kappa shape index (κ2) is 10.5. The van der Waals surface area contributed by atoms with Gasteiger partial charge in [-0.15, -0.1) is 0 Å². The first-order valence-corrected chi connectivity index (χ1v) is 12.0. The summed E-state index contributed by atoms with van der Waals surface area (Å²) in [6.45, 7) is 6.56. The van der Waals surface area contributed by atoms with Gasteiger partial charge in [0.05, 0.1) is 5.56 Å². The van der Waals surface area contributed by atoms with Crippen molar-refractivity contribution in [3.8, 4) is 28.7 Å². The fraction of sp³-hybridized carbons (Fsp3) is 0.321. The van der Waals surface area contributed by atoms with E-state index in [-0.39, 0.29) is 22.9 Å². The molecule has 3 aromatic rings. The molecule has 1 aliphatic rings. The van der Waals surface area contributed by atoms with Crippen LogP contribution < -0.4 is 4.74 Å². The van der Waals surface area contributed by atoms with Gasteiger partial charge in [0.2, 0.25) is 0 Å². The van der Waals surface area contributed by atoms with E-state index in [4.69, 9.17) is 9.47 Å². The number of halogens is 2. The van der Waals surface area contributed by atoms with Crippen LogP contribution in [0.4, 0.5) is 13.6 Å². The molecule has 0 unspecified atom stereocenters. The van der Waals surface area contributed by atoms with Crippen molar-refractivity contribution in [2.24, 2.45) is 5.92 Å². The van der Waals surface area contributed by atoms with Gasteiger partial charge in [0.25, 0.3) is 0 Å². The number of nitrogens with zero attached hydrogens (tertiary/aromatic N) is 3. The average molecular weight is 524 g/mol. The number of carboxylic acid groups (broad SMARTS) is 1. The van der Waals surface area contributed by atoms with Crippen LogP contribution in [-0.2, 0) is 11.3 Å². The monoisotopic (exact) mass is 523 g/mol. The molecule has 1 aliphatic heterocycles. The highest BCUT2D eigenvalue weighted by atomic mass is 19.1. The van der Waals surface area contributed by atoms with Crippen molar-refractivity contribution in [1.82, 2.24) is 9.47 Å². The molecule has 0 spiro atoms. The summed E-state index contributed by atoms with van der Waals surface area (Å²) < 4.78 is 40.1. The number of para-hydroxylation sites is 1. The minimum atomic E-state index is -1.25. The third-order valence-electron chi connectivity index (χ3n) is 6.09. The van der Waals surface area contributed by atoms with Crippen molar-refractivity contribution < 1.29 is 33.0 Å². The summed E-state index contributed by atoms with van der Waals surface area (Å²) in [5.41, 5.74) is 0.161. The maximum Gasteiger partial charge on any atom is 0.410 e. The maximum absolute atomic E-state index is 13.9. The number of carbonyl (C=O) groups excluding carboxylic acids is 1. The van der Waals surface area contributed by atoms with Gasteiger partial charge in [-0.05, 0) is 62.9 Å². The van der Waals surface area contributed by atoms with Gasteiger partial charge in [0.1, 0.15) is 23.1 Å². The van der Waals surface area contributed by atoms with Crippen molar-refractivity contribution in [1.29, 1.82) is 5.26 Å². The Balaban J connectivity index is 1.56. The van der Waals surface area contributed by atoms with Crippen LogP contribution in [0, 0.1) is 28.9 Å². The third-order valence-corrected chi connectivity index (χ3v) is 6.09. The number of hydrogen-bond acceptors (Lipinski definition) is 5. The summed E-state index contributed by atoms with van der Waals surface area (Å²) in [7, 11) is 0. The van der Waals surface area contributed by atoms with E-state index in [2.05, 4.69) is 0 Å². The highest BCUT2D eigenvalue weighted by Crippen LogP contribution is 2.33. The zero-order valence-electron chi connectivity index (χ0n) is 21.2. The normalized spacial score (nSPS) is 15.3. The lowest BCUT2D eigenvalue weighted by atomic mass is 10.0. The molecule has 0 aliphatic carbocycles. The molecular weight excluding hydrogens is 496 g/mol. The lowest BCUT2D eigenvalue weighted by Gasteiger charge is -2.24. The number of carbonyl (C=O) groups is 2. The molecule has 2 aromatic carbocycles. The van der Waals surface area contributed by atoms with Crippen LogP contribution in [0.2, 0.25) is 0 Å². The molecule has 0 saturated carbocycles. The second-order valence-electron chi connectivity index (χ2n) is 10.1. The van der Waals surface area contributed by atoms with E-state index in [0.29, 0.717) is 37.2 Å². The van der Waals surface area contributed by atoms with Crippen LogP contribution in [0.3, 0.4) is 0 Å². The Morgan fingerprint density at radius 3 is 2.37 bits per heavy atom. The van der Waals surface area contributed by atoms with Crippen molar-refractivity contribution in [3.63, 3.8) is 0 Å². The van der Waals surface area contributed by atoms with Crippen LogP contribution in [0.1, 0.15) is 43.2 Å². The number of aromatic carboxylic acids is 1. The summed E-state index contributed by atoms with van der Waals surface area (Å²) in [6, 6.07) is 11.5. The molecule has 198 valence electrons. The fourth-order valence-electron chi connectivity index (χ4n) is 4.41. The molecule has 4 rings (SSSR count). The number of aromatic nitrogens is 1. The van der Waals surface area contributed by atoms with Gasteiger partial charge >= 0.3 is 12.1 Å². The number of rotatable bonds is 6. The molecule has 10 heteroatoms. The van der Waals surface area contributed by atoms with Crippen molar-refractivity contribution in [3.05, 3.63) is 71.6 Å². The second-order valence-corrected chi connectivity index (χ2v) is 10.1. The van der Waals surface area contributed by atoms with Gasteiger partial charge in [-0.3, -0.25) is 0 Å². The first-order valence-electron chi connectivity index (χ1n) is 12.0. The molecule has 1 amide bonds. The van der Waals surface area contributed by atoms with Crippen molar-refractivity contribution >= 4 is 12.1 Å².